The van der Waals surface area contributed by atoms with Crippen molar-refractivity contribution in [1.82, 2.24) is 4.90 Å². The van der Waals surface area contributed by atoms with E-state index in [0.717, 1.165) is 11.8 Å². The fraction of sp³-hybridized carbons (Fsp3) is 0.600. The van der Waals surface area contributed by atoms with Gasteiger partial charge in [-0.3, -0.25) is 14.1 Å². The Labute approximate surface area is 140 Å². The van der Waals surface area contributed by atoms with Gasteiger partial charge in [-0.25, -0.2) is 4.79 Å². The zero-order valence-corrected chi connectivity index (χ0v) is 11.1. The van der Waals surface area contributed by atoms with Gasteiger partial charge in [0, 0.05) is 5.75 Å². The summed E-state index contributed by atoms with van der Waals surface area (Å²) in [7, 11) is 0. The molecule has 0 radical (unpaired) electrons. The summed E-state index contributed by atoms with van der Waals surface area (Å²) < 4.78 is 12.6. The molecule has 1 unspecified atom stereocenters. The van der Waals surface area contributed by atoms with E-state index in [1.54, 1.807) is 0 Å². The first-order valence-electron chi connectivity index (χ1n) is 5.33. The summed E-state index contributed by atoms with van der Waals surface area (Å²) in [5.74, 6) is -1.99. The normalized spacial score (nSPS) is 26.7. The molecular formula is C10H13FNNaO4S2. The summed E-state index contributed by atoms with van der Waals surface area (Å²) in [6.07, 6.45) is -0.813. The van der Waals surface area contributed by atoms with Gasteiger partial charge in [-0.1, -0.05) is 11.8 Å². The Kier molecular flexibility index (Phi) is 6.22. The van der Waals surface area contributed by atoms with Gasteiger partial charge in [0.15, 0.2) is 5.70 Å². The van der Waals surface area contributed by atoms with Crippen molar-refractivity contribution in [3.8, 4) is 0 Å². The minimum absolute atomic E-state index is 0. The van der Waals surface area contributed by atoms with Gasteiger partial charge in [-0.05, 0) is 6.92 Å². The second-order valence-corrected chi connectivity index (χ2v) is 6.45. The van der Waals surface area contributed by atoms with Crippen molar-refractivity contribution >= 4 is 65.0 Å². The molecule has 19 heavy (non-hydrogen) atoms. The van der Waals surface area contributed by atoms with E-state index in [1.165, 1.54) is 23.6 Å². The number of nitrogens with zero attached hydrogens (tertiary/aromatic N) is 1. The van der Waals surface area contributed by atoms with Crippen molar-refractivity contribution in [2.75, 3.05) is 12.4 Å². The monoisotopic (exact) mass is 317 g/mol. The van der Waals surface area contributed by atoms with Crippen LogP contribution < -0.4 is 0 Å². The third kappa shape index (κ3) is 2.98. The molecule has 3 atom stereocenters. The fourth-order valence-electron chi connectivity index (χ4n) is 1.98. The minimum atomic E-state index is -1.19. The first-order valence-corrected chi connectivity index (χ1v) is 7.19. The third-order valence-electron chi connectivity index (χ3n) is 2.78. The summed E-state index contributed by atoms with van der Waals surface area (Å²) >= 11 is 2.31. The van der Waals surface area contributed by atoms with E-state index in [-0.39, 0.29) is 52.3 Å². The van der Waals surface area contributed by atoms with Crippen LogP contribution in [0.25, 0.3) is 0 Å². The van der Waals surface area contributed by atoms with Crippen molar-refractivity contribution in [2.24, 2.45) is 5.92 Å². The number of rotatable bonds is 5. The van der Waals surface area contributed by atoms with E-state index in [2.05, 4.69) is 0 Å². The van der Waals surface area contributed by atoms with Crippen molar-refractivity contribution in [2.45, 2.75) is 18.4 Å². The molecule has 2 aliphatic rings. The van der Waals surface area contributed by atoms with Gasteiger partial charge in [0.2, 0.25) is 5.91 Å². The molecule has 0 aromatic heterocycles. The first-order chi connectivity index (χ1) is 8.49. The second kappa shape index (κ2) is 6.82. The molecule has 2 aliphatic heterocycles. The molecule has 2 N–H and O–H groups in total. The van der Waals surface area contributed by atoms with E-state index < -0.39 is 24.7 Å². The summed E-state index contributed by atoms with van der Waals surface area (Å²) in [4.78, 5) is 24.1. The van der Waals surface area contributed by atoms with Gasteiger partial charge >= 0.3 is 35.5 Å². The number of aliphatic hydroxyl groups is 1. The van der Waals surface area contributed by atoms with Crippen LogP contribution in [-0.4, -0.2) is 80.5 Å². The van der Waals surface area contributed by atoms with Crippen LogP contribution in [0, 0.1) is 5.92 Å². The number of amides is 1. The van der Waals surface area contributed by atoms with Gasteiger partial charge in [0.05, 0.1) is 22.9 Å². The predicted octanol–water partition coefficient (Wildman–Crippen LogP) is 0.206. The van der Waals surface area contributed by atoms with Crippen molar-refractivity contribution in [1.29, 1.82) is 0 Å². The number of thioether (sulfide) groups is 2. The van der Waals surface area contributed by atoms with Crippen LogP contribution >= 0.6 is 23.5 Å². The average Bonchev–Trinajstić information content (AvgIpc) is 2.60. The topological polar surface area (TPSA) is 77.8 Å². The van der Waals surface area contributed by atoms with Crippen LogP contribution in [0.2, 0.25) is 0 Å². The van der Waals surface area contributed by atoms with Gasteiger partial charge in [0.1, 0.15) is 5.37 Å². The molecule has 2 heterocycles. The van der Waals surface area contributed by atoms with E-state index in [9.17, 15) is 19.1 Å². The number of fused-ring (bicyclic) bond motifs is 1. The Balaban J connectivity index is 0.00000180. The maximum atomic E-state index is 12.1. The number of β-lactam (4-membered cyclic amide) rings is 1. The molecule has 0 aliphatic carbocycles. The summed E-state index contributed by atoms with van der Waals surface area (Å²) in [5, 5.41) is 18.2. The Morgan fingerprint density at radius 3 is 2.74 bits per heavy atom. The summed E-state index contributed by atoms with van der Waals surface area (Å²) in [6, 6.07) is 0. The number of alkyl halides is 1. The number of carbonyl (C=O) groups excluding carboxylic acids is 1. The summed E-state index contributed by atoms with van der Waals surface area (Å²) in [5.41, 5.74) is -0.0784. The number of hydrogen-bond acceptors (Lipinski definition) is 5. The number of hydrogen-bond donors (Lipinski definition) is 2. The first kappa shape index (κ1) is 17.3. The number of carboxylic acids is 1. The number of halogens is 1. The van der Waals surface area contributed by atoms with Crippen LogP contribution in [0.4, 0.5) is 4.39 Å². The van der Waals surface area contributed by atoms with E-state index in [1.807, 2.05) is 0 Å². The van der Waals surface area contributed by atoms with Crippen LogP contribution in [0.5, 0.6) is 0 Å². The molecule has 102 valence electrons. The van der Waals surface area contributed by atoms with Crippen molar-refractivity contribution < 1.29 is 24.2 Å². The number of aliphatic hydroxyl groups excluding tert-OH is 1. The molecule has 9 heteroatoms. The Morgan fingerprint density at radius 1 is 1.63 bits per heavy atom. The Morgan fingerprint density at radius 2 is 2.26 bits per heavy atom. The Hall–Kier alpha value is 0.270. The standard InChI is InChI=1S/C10H12FNO4S2.Na.H/c1-4(13)5-7(14)12-6(9(15)16)10(17-3-2-11)18-8(5)12;;/h4-5,8,13H,2-3H2,1H3,(H,15,16);;/t4?,5-,8+;;/m0../s1. The number of aliphatic carboxylic acids is 1. The molecule has 5 nitrogen and oxygen atoms in total. The van der Waals surface area contributed by atoms with Crippen LogP contribution in [0.3, 0.4) is 0 Å². The van der Waals surface area contributed by atoms with Crippen LogP contribution in [0.15, 0.2) is 9.93 Å². The van der Waals surface area contributed by atoms with Crippen molar-refractivity contribution in [3.05, 3.63) is 9.93 Å². The Bertz CT molecular complexity index is 432. The fourth-order valence-corrected chi connectivity index (χ4v) is 4.71. The molecule has 0 aromatic rings. The molecule has 1 saturated heterocycles. The third-order valence-corrected chi connectivity index (χ3v) is 5.39. The molecular weight excluding hydrogens is 304 g/mol. The molecule has 1 fully saturated rings. The van der Waals surface area contributed by atoms with Gasteiger partial charge in [-0.2, -0.15) is 0 Å². The SMILES string of the molecule is CC(O)[C@H]1C(=O)N2C(C(=O)O)=C(SCCF)S[C@H]12.[NaH]. The van der Waals surface area contributed by atoms with Crippen LogP contribution in [0.1, 0.15) is 6.92 Å². The second-order valence-electron chi connectivity index (χ2n) is 3.96. The summed E-state index contributed by atoms with van der Waals surface area (Å²) in [6.45, 7) is 0.952. The molecule has 0 spiro atoms. The molecule has 2 rings (SSSR count). The average molecular weight is 317 g/mol. The van der Waals surface area contributed by atoms with E-state index >= 15 is 0 Å². The zero-order chi connectivity index (χ0) is 13.4. The van der Waals surface area contributed by atoms with Crippen LogP contribution in [-0.2, 0) is 9.59 Å². The molecule has 1 amide bonds. The quantitative estimate of drug-likeness (QED) is 0.557. The van der Waals surface area contributed by atoms with E-state index in [4.69, 9.17) is 5.11 Å². The number of carboxylic acid groups (broad SMARTS) is 1. The number of carbonyl (C=O) groups is 2. The van der Waals surface area contributed by atoms with Gasteiger partial charge in [-0.15, -0.1) is 11.8 Å². The van der Waals surface area contributed by atoms with Gasteiger partial charge in [0.25, 0.3) is 0 Å². The molecule has 0 bridgehead atoms. The zero-order valence-electron chi connectivity index (χ0n) is 9.50. The predicted molar refractivity (Wildman–Crippen MR) is 73.6 cm³/mol. The van der Waals surface area contributed by atoms with Crippen molar-refractivity contribution in [3.63, 3.8) is 0 Å². The molecule has 0 aromatic carbocycles. The van der Waals surface area contributed by atoms with E-state index in [0.29, 0.717) is 4.24 Å². The van der Waals surface area contributed by atoms with Gasteiger partial charge < -0.3 is 10.2 Å². The maximum absolute atomic E-state index is 12.1. The molecule has 0 saturated carbocycles.